The van der Waals surface area contributed by atoms with Crippen LogP contribution in [0.4, 0.5) is 0 Å². The molecule has 0 spiro atoms. The van der Waals surface area contributed by atoms with Crippen LogP contribution in [-0.4, -0.2) is 43.0 Å². The molecule has 0 aromatic carbocycles. The molecule has 0 aromatic rings. The van der Waals surface area contributed by atoms with E-state index in [0.29, 0.717) is 6.04 Å². The number of amides is 1. The lowest BCUT2D eigenvalue weighted by Gasteiger charge is -2.19. The Morgan fingerprint density at radius 3 is 2.64 bits per heavy atom. The highest BCUT2D eigenvalue weighted by molar-refractivity contribution is 5.79. The summed E-state index contributed by atoms with van der Waals surface area (Å²) in [5, 5.41) is 3.03. The van der Waals surface area contributed by atoms with Crippen LogP contribution in [0.1, 0.15) is 20.3 Å². The zero-order chi connectivity index (χ0) is 10.7. The summed E-state index contributed by atoms with van der Waals surface area (Å²) in [7, 11) is 2.07. The lowest BCUT2D eigenvalue weighted by Crippen LogP contribution is -2.44. The van der Waals surface area contributed by atoms with Crippen molar-refractivity contribution >= 4 is 5.91 Å². The molecule has 1 rings (SSSR count). The molecule has 1 heterocycles. The van der Waals surface area contributed by atoms with Crippen molar-refractivity contribution in [2.45, 2.75) is 32.4 Å². The summed E-state index contributed by atoms with van der Waals surface area (Å²) in [5.41, 5.74) is 5.67. The van der Waals surface area contributed by atoms with Crippen molar-refractivity contribution in [2.75, 3.05) is 20.1 Å². The van der Waals surface area contributed by atoms with E-state index in [1.54, 1.807) is 0 Å². The molecule has 1 aliphatic rings. The largest absolute Gasteiger partial charge is 0.352 e. The monoisotopic (exact) mass is 199 g/mol. The summed E-state index contributed by atoms with van der Waals surface area (Å²) in [6.07, 6.45) is 1.05. The van der Waals surface area contributed by atoms with Gasteiger partial charge in [-0.15, -0.1) is 0 Å². The third-order valence-electron chi connectivity index (χ3n) is 2.94. The Bertz CT molecular complexity index is 206. The number of rotatable bonds is 3. The smallest absolute Gasteiger partial charge is 0.224 e. The van der Waals surface area contributed by atoms with E-state index < -0.39 is 0 Å². The molecule has 1 saturated heterocycles. The van der Waals surface area contributed by atoms with Gasteiger partial charge in [0, 0.05) is 24.5 Å². The van der Waals surface area contributed by atoms with E-state index in [-0.39, 0.29) is 17.9 Å². The predicted molar refractivity (Wildman–Crippen MR) is 56.9 cm³/mol. The number of likely N-dealkylation sites (N-methyl/N-ethyl adjacent to an activating group) is 1. The lowest BCUT2D eigenvalue weighted by atomic mass is 10.0. The minimum absolute atomic E-state index is 0.0749. The SMILES string of the molecule is CC(N)C(C)C(=O)NC1CCN(C)C1. The third kappa shape index (κ3) is 2.96. The molecular formula is C10H21N3O. The lowest BCUT2D eigenvalue weighted by molar-refractivity contribution is -0.125. The number of nitrogens with two attached hydrogens (primary N) is 1. The number of hydrogen-bond acceptors (Lipinski definition) is 3. The molecule has 3 N–H and O–H groups in total. The second kappa shape index (κ2) is 4.75. The van der Waals surface area contributed by atoms with Crippen molar-refractivity contribution in [1.29, 1.82) is 0 Å². The molecule has 0 aliphatic carbocycles. The number of carbonyl (C=O) groups excluding carboxylic acids is 1. The second-order valence-corrected chi connectivity index (χ2v) is 4.40. The molecule has 1 fully saturated rings. The van der Waals surface area contributed by atoms with Gasteiger partial charge in [-0.1, -0.05) is 6.92 Å². The molecule has 4 heteroatoms. The summed E-state index contributed by atoms with van der Waals surface area (Å²) in [6, 6.07) is 0.239. The van der Waals surface area contributed by atoms with Crippen LogP contribution in [0, 0.1) is 5.92 Å². The van der Waals surface area contributed by atoms with Gasteiger partial charge in [0.1, 0.15) is 0 Å². The van der Waals surface area contributed by atoms with E-state index in [1.807, 2.05) is 13.8 Å². The molecule has 1 amide bonds. The Morgan fingerprint density at radius 2 is 2.21 bits per heavy atom. The summed E-state index contributed by atoms with van der Waals surface area (Å²) < 4.78 is 0. The van der Waals surface area contributed by atoms with Crippen LogP contribution < -0.4 is 11.1 Å². The van der Waals surface area contributed by atoms with Gasteiger partial charge in [0.25, 0.3) is 0 Å². The Labute approximate surface area is 85.8 Å². The zero-order valence-corrected chi connectivity index (χ0v) is 9.29. The minimum Gasteiger partial charge on any atom is -0.352 e. The second-order valence-electron chi connectivity index (χ2n) is 4.40. The van der Waals surface area contributed by atoms with E-state index >= 15 is 0 Å². The average Bonchev–Trinajstić information content (AvgIpc) is 2.49. The number of carbonyl (C=O) groups is 1. The highest BCUT2D eigenvalue weighted by Crippen LogP contribution is 2.08. The first kappa shape index (κ1) is 11.5. The standard InChI is InChI=1S/C10H21N3O/c1-7(8(2)11)10(14)12-9-4-5-13(3)6-9/h7-9H,4-6,11H2,1-3H3,(H,12,14). The molecule has 4 nitrogen and oxygen atoms in total. The van der Waals surface area contributed by atoms with Gasteiger partial charge in [0.05, 0.1) is 0 Å². The fourth-order valence-corrected chi connectivity index (χ4v) is 1.62. The molecule has 3 unspecified atom stereocenters. The molecule has 82 valence electrons. The minimum atomic E-state index is -0.0964. The Kier molecular flexibility index (Phi) is 3.89. The fourth-order valence-electron chi connectivity index (χ4n) is 1.62. The van der Waals surface area contributed by atoms with Gasteiger partial charge in [-0.05, 0) is 26.9 Å². The fraction of sp³-hybridized carbons (Fsp3) is 0.900. The predicted octanol–water partition coefficient (Wildman–Crippen LogP) is -0.210. The first-order chi connectivity index (χ1) is 6.50. The molecule has 0 saturated carbocycles. The third-order valence-corrected chi connectivity index (χ3v) is 2.94. The van der Waals surface area contributed by atoms with E-state index in [1.165, 1.54) is 0 Å². The van der Waals surface area contributed by atoms with Gasteiger partial charge in [-0.25, -0.2) is 0 Å². The van der Waals surface area contributed by atoms with Crippen LogP contribution >= 0.6 is 0 Å². The van der Waals surface area contributed by atoms with Crippen LogP contribution in [0.15, 0.2) is 0 Å². The van der Waals surface area contributed by atoms with Crippen molar-refractivity contribution in [2.24, 2.45) is 11.7 Å². The summed E-state index contributed by atoms with van der Waals surface area (Å²) in [5.74, 6) is -0.0128. The van der Waals surface area contributed by atoms with Gasteiger partial charge < -0.3 is 16.0 Å². The zero-order valence-electron chi connectivity index (χ0n) is 9.29. The summed E-state index contributed by atoms with van der Waals surface area (Å²) in [6.45, 7) is 5.76. The summed E-state index contributed by atoms with van der Waals surface area (Å²) in [4.78, 5) is 13.9. The quantitative estimate of drug-likeness (QED) is 0.661. The first-order valence-corrected chi connectivity index (χ1v) is 5.25. The maximum atomic E-state index is 11.6. The van der Waals surface area contributed by atoms with Gasteiger partial charge in [-0.3, -0.25) is 4.79 Å². The Morgan fingerprint density at radius 1 is 1.57 bits per heavy atom. The van der Waals surface area contributed by atoms with Gasteiger partial charge in [-0.2, -0.15) is 0 Å². The van der Waals surface area contributed by atoms with E-state index in [4.69, 9.17) is 5.73 Å². The van der Waals surface area contributed by atoms with Gasteiger partial charge in [0.2, 0.25) is 5.91 Å². The normalized spacial score (nSPS) is 27.3. The first-order valence-electron chi connectivity index (χ1n) is 5.25. The molecular weight excluding hydrogens is 178 g/mol. The average molecular weight is 199 g/mol. The number of likely N-dealkylation sites (tertiary alicyclic amines) is 1. The highest BCUT2D eigenvalue weighted by Gasteiger charge is 2.24. The van der Waals surface area contributed by atoms with Crippen LogP contribution in [-0.2, 0) is 4.79 Å². The maximum absolute atomic E-state index is 11.6. The molecule has 0 aromatic heterocycles. The van der Waals surface area contributed by atoms with Crippen LogP contribution in [0.3, 0.4) is 0 Å². The maximum Gasteiger partial charge on any atom is 0.224 e. The van der Waals surface area contributed by atoms with Crippen molar-refractivity contribution in [3.8, 4) is 0 Å². The molecule has 14 heavy (non-hydrogen) atoms. The van der Waals surface area contributed by atoms with Crippen molar-refractivity contribution < 1.29 is 4.79 Å². The van der Waals surface area contributed by atoms with E-state index in [0.717, 1.165) is 19.5 Å². The summed E-state index contributed by atoms with van der Waals surface area (Å²) >= 11 is 0. The Hall–Kier alpha value is -0.610. The van der Waals surface area contributed by atoms with E-state index in [9.17, 15) is 4.79 Å². The molecule has 3 atom stereocenters. The van der Waals surface area contributed by atoms with E-state index in [2.05, 4.69) is 17.3 Å². The topological polar surface area (TPSA) is 58.4 Å². The highest BCUT2D eigenvalue weighted by atomic mass is 16.2. The molecule has 1 aliphatic heterocycles. The van der Waals surface area contributed by atoms with Crippen LogP contribution in [0.5, 0.6) is 0 Å². The van der Waals surface area contributed by atoms with Crippen LogP contribution in [0.25, 0.3) is 0 Å². The molecule has 0 bridgehead atoms. The Balaban J connectivity index is 2.33. The number of nitrogens with one attached hydrogen (secondary N) is 1. The number of hydrogen-bond donors (Lipinski definition) is 2. The van der Waals surface area contributed by atoms with Crippen molar-refractivity contribution in [3.63, 3.8) is 0 Å². The van der Waals surface area contributed by atoms with Crippen LogP contribution in [0.2, 0.25) is 0 Å². The number of nitrogens with zero attached hydrogens (tertiary/aromatic N) is 1. The van der Waals surface area contributed by atoms with Gasteiger partial charge >= 0.3 is 0 Å². The van der Waals surface area contributed by atoms with Crippen molar-refractivity contribution in [1.82, 2.24) is 10.2 Å². The van der Waals surface area contributed by atoms with Crippen molar-refractivity contribution in [3.05, 3.63) is 0 Å². The molecule has 0 radical (unpaired) electrons. The van der Waals surface area contributed by atoms with Gasteiger partial charge in [0.15, 0.2) is 0 Å².